The molecule has 1 amide bonds. The Bertz CT molecular complexity index is 1460. The van der Waals surface area contributed by atoms with Crippen LogP contribution in [-0.2, 0) is 10.0 Å². The summed E-state index contributed by atoms with van der Waals surface area (Å²) in [4.78, 5) is 13.7. The number of aromatic nitrogens is 2. The Kier molecular flexibility index (Phi) is 8.05. The number of carbonyl (C=O) groups is 1. The van der Waals surface area contributed by atoms with Gasteiger partial charge in [-0.2, -0.15) is 9.40 Å². The van der Waals surface area contributed by atoms with Crippen LogP contribution in [0.25, 0.3) is 16.9 Å². The summed E-state index contributed by atoms with van der Waals surface area (Å²) in [6.45, 7) is 6.42. The van der Waals surface area contributed by atoms with Gasteiger partial charge in [0, 0.05) is 18.7 Å². The third-order valence-corrected chi connectivity index (χ3v) is 7.90. The number of hydrogen-bond donors (Lipinski definition) is 1. The maximum absolute atomic E-state index is 13.6. The molecule has 1 aromatic heterocycles. The van der Waals surface area contributed by atoms with Gasteiger partial charge in [-0.3, -0.25) is 4.79 Å². The molecule has 8 nitrogen and oxygen atoms in total. The summed E-state index contributed by atoms with van der Waals surface area (Å²) in [5.41, 5.74) is 2.79. The van der Waals surface area contributed by atoms with Gasteiger partial charge in [-0.15, -0.1) is 0 Å². The fourth-order valence-electron chi connectivity index (χ4n) is 4.01. The first kappa shape index (κ1) is 26.1. The van der Waals surface area contributed by atoms with E-state index in [0.29, 0.717) is 36.8 Å². The minimum absolute atomic E-state index is 0.0801. The highest BCUT2D eigenvalue weighted by atomic mass is 32.2. The summed E-state index contributed by atoms with van der Waals surface area (Å²) >= 11 is 0. The van der Waals surface area contributed by atoms with Crippen molar-refractivity contribution in [2.24, 2.45) is 0 Å². The molecule has 0 atom stereocenters. The van der Waals surface area contributed by atoms with Crippen LogP contribution in [0.4, 0.5) is 5.69 Å². The van der Waals surface area contributed by atoms with Gasteiger partial charge in [0.25, 0.3) is 5.91 Å². The van der Waals surface area contributed by atoms with Crippen molar-refractivity contribution in [1.29, 1.82) is 0 Å². The molecule has 0 unspecified atom stereocenters. The Labute approximate surface area is 217 Å². The standard InChI is InChI=1S/C28H30N4O4S/c1-4-31(5-2)37(34,35)23-17-18-27(36-6-3)25(19-23)29-28(33)26-20-24(21-13-9-7-10-14-21)30-32(26)22-15-11-8-12-16-22/h7-20H,4-6H2,1-3H3,(H,29,33). The second-order valence-electron chi connectivity index (χ2n) is 8.16. The van der Waals surface area contributed by atoms with E-state index in [-0.39, 0.29) is 10.6 Å². The number of carbonyl (C=O) groups excluding carboxylic acids is 1. The normalized spacial score (nSPS) is 11.5. The van der Waals surface area contributed by atoms with Crippen LogP contribution in [0, 0.1) is 0 Å². The molecule has 0 aliphatic heterocycles. The Morgan fingerprint density at radius 2 is 1.57 bits per heavy atom. The Balaban J connectivity index is 1.77. The number of para-hydroxylation sites is 1. The third-order valence-electron chi connectivity index (χ3n) is 5.85. The Hall–Kier alpha value is -3.95. The molecule has 9 heteroatoms. The van der Waals surface area contributed by atoms with E-state index < -0.39 is 15.9 Å². The fourth-order valence-corrected chi connectivity index (χ4v) is 5.49. The van der Waals surface area contributed by atoms with E-state index in [2.05, 4.69) is 5.32 Å². The van der Waals surface area contributed by atoms with E-state index in [4.69, 9.17) is 9.84 Å². The van der Waals surface area contributed by atoms with Crippen molar-refractivity contribution in [3.8, 4) is 22.7 Å². The van der Waals surface area contributed by atoms with Crippen LogP contribution in [0.3, 0.4) is 0 Å². The SMILES string of the molecule is CCOc1ccc(S(=O)(=O)N(CC)CC)cc1NC(=O)c1cc(-c2ccccc2)nn1-c1ccccc1. The van der Waals surface area contributed by atoms with Crippen molar-refractivity contribution in [3.63, 3.8) is 0 Å². The van der Waals surface area contributed by atoms with E-state index in [1.54, 1.807) is 30.7 Å². The molecule has 0 saturated heterocycles. The molecule has 37 heavy (non-hydrogen) atoms. The summed E-state index contributed by atoms with van der Waals surface area (Å²) in [5.74, 6) is -0.0692. The van der Waals surface area contributed by atoms with Crippen molar-refractivity contribution in [1.82, 2.24) is 14.1 Å². The molecule has 0 saturated carbocycles. The highest BCUT2D eigenvalue weighted by Crippen LogP contribution is 2.30. The number of amides is 1. The average Bonchev–Trinajstić information content (AvgIpc) is 3.37. The molecular weight excluding hydrogens is 488 g/mol. The molecule has 4 aromatic rings. The van der Waals surface area contributed by atoms with Gasteiger partial charge < -0.3 is 10.1 Å². The molecule has 0 spiro atoms. The molecule has 0 fully saturated rings. The first-order chi connectivity index (χ1) is 17.9. The monoisotopic (exact) mass is 518 g/mol. The van der Waals surface area contributed by atoms with Crippen molar-refractivity contribution >= 4 is 21.6 Å². The van der Waals surface area contributed by atoms with Crippen molar-refractivity contribution < 1.29 is 17.9 Å². The van der Waals surface area contributed by atoms with Crippen LogP contribution in [0.1, 0.15) is 31.3 Å². The molecule has 0 aliphatic carbocycles. The number of hydrogen-bond acceptors (Lipinski definition) is 5. The number of sulfonamides is 1. The molecule has 4 rings (SSSR count). The van der Waals surface area contributed by atoms with E-state index in [1.165, 1.54) is 16.4 Å². The van der Waals surface area contributed by atoms with Crippen molar-refractivity contribution in [2.45, 2.75) is 25.7 Å². The van der Waals surface area contributed by atoms with Crippen LogP contribution >= 0.6 is 0 Å². The van der Waals surface area contributed by atoms with Crippen LogP contribution in [0.15, 0.2) is 89.8 Å². The quantitative estimate of drug-likeness (QED) is 0.311. The van der Waals surface area contributed by atoms with Gasteiger partial charge >= 0.3 is 0 Å². The van der Waals surface area contributed by atoms with Crippen LogP contribution in [0.2, 0.25) is 0 Å². The van der Waals surface area contributed by atoms with Gasteiger partial charge in [0.2, 0.25) is 10.0 Å². The summed E-state index contributed by atoms with van der Waals surface area (Å²) in [6, 6.07) is 25.2. The molecule has 3 aromatic carbocycles. The summed E-state index contributed by atoms with van der Waals surface area (Å²) in [5, 5.41) is 7.56. The van der Waals surface area contributed by atoms with Crippen molar-refractivity contribution in [3.05, 3.63) is 90.6 Å². The minimum atomic E-state index is -3.73. The lowest BCUT2D eigenvalue weighted by Crippen LogP contribution is -2.30. The predicted octanol–water partition coefficient (Wildman–Crippen LogP) is 5.22. The molecule has 1 N–H and O–H groups in total. The number of rotatable bonds is 10. The second-order valence-corrected chi connectivity index (χ2v) is 10.1. The second kappa shape index (κ2) is 11.4. The number of benzene rings is 3. The molecule has 1 heterocycles. The van der Waals surface area contributed by atoms with Gasteiger partial charge in [-0.1, -0.05) is 62.4 Å². The zero-order chi connectivity index (χ0) is 26.4. The van der Waals surface area contributed by atoms with Crippen LogP contribution in [0.5, 0.6) is 5.75 Å². The van der Waals surface area contributed by atoms with Gasteiger partial charge in [0.15, 0.2) is 0 Å². The first-order valence-corrected chi connectivity index (χ1v) is 13.6. The number of nitrogens with one attached hydrogen (secondary N) is 1. The van der Waals surface area contributed by atoms with E-state index >= 15 is 0 Å². The minimum Gasteiger partial charge on any atom is -0.492 e. The zero-order valence-corrected chi connectivity index (χ0v) is 21.9. The lowest BCUT2D eigenvalue weighted by Gasteiger charge is -2.20. The Morgan fingerprint density at radius 3 is 2.19 bits per heavy atom. The first-order valence-electron chi connectivity index (χ1n) is 12.2. The number of nitrogens with zero attached hydrogens (tertiary/aromatic N) is 3. The third kappa shape index (κ3) is 5.58. The number of ether oxygens (including phenoxy) is 1. The van der Waals surface area contributed by atoms with Crippen molar-refractivity contribution in [2.75, 3.05) is 25.0 Å². The smallest absolute Gasteiger partial charge is 0.274 e. The average molecular weight is 519 g/mol. The van der Waals surface area contributed by atoms with E-state index in [1.807, 2.05) is 67.6 Å². The number of anilines is 1. The summed E-state index contributed by atoms with van der Waals surface area (Å²) < 4.78 is 34.9. The molecule has 192 valence electrons. The van der Waals surface area contributed by atoms with Gasteiger partial charge in [-0.05, 0) is 43.3 Å². The molecule has 0 aliphatic rings. The fraction of sp³-hybridized carbons (Fsp3) is 0.214. The lowest BCUT2D eigenvalue weighted by atomic mass is 10.1. The van der Waals surface area contributed by atoms with Crippen LogP contribution in [-0.4, -0.2) is 48.1 Å². The van der Waals surface area contributed by atoms with Gasteiger partial charge in [0.1, 0.15) is 11.4 Å². The van der Waals surface area contributed by atoms with Crippen LogP contribution < -0.4 is 10.1 Å². The maximum Gasteiger partial charge on any atom is 0.274 e. The topological polar surface area (TPSA) is 93.5 Å². The maximum atomic E-state index is 13.6. The van der Waals surface area contributed by atoms with Gasteiger partial charge in [0.05, 0.1) is 28.6 Å². The molecular formula is C28H30N4O4S. The predicted molar refractivity (Wildman–Crippen MR) is 145 cm³/mol. The van der Waals surface area contributed by atoms with Gasteiger partial charge in [-0.25, -0.2) is 13.1 Å². The Morgan fingerprint density at radius 1 is 0.919 bits per heavy atom. The van der Waals surface area contributed by atoms with E-state index in [9.17, 15) is 13.2 Å². The lowest BCUT2D eigenvalue weighted by molar-refractivity contribution is 0.101. The largest absolute Gasteiger partial charge is 0.492 e. The highest BCUT2D eigenvalue weighted by molar-refractivity contribution is 7.89. The summed E-state index contributed by atoms with van der Waals surface area (Å²) in [6.07, 6.45) is 0. The zero-order valence-electron chi connectivity index (χ0n) is 21.1. The molecule has 0 radical (unpaired) electrons. The summed E-state index contributed by atoms with van der Waals surface area (Å²) in [7, 11) is -3.73. The van der Waals surface area contributed by atoms with E-state index in [0.717, 1.165) is 11.3 Å². The highest BCUT2D eigenvalue weighted by Gasteiger charge is 2.24. The molecule has 0 bridgehead atoms.